The van der Waals surface area contributed by atoms with Crippen LogP contribution >= 0.6 is 23.2 Å². The highest BCUT2D eigenvalue weighted by molar-refractivity contribution is 7.92. The molecule has 0 bridgehead atoms. The second-order valence-corrected chi connectivity index (χ2v) is 11.3. The second-order valence-electron chi connectivity index (χ2n) is 8.59. The number of nitrogens with zero attached hydrogens (tertiary/aromatic N) is 1. The number of fused-ring (bicyclic) bond motifs is 1. The van der Waals surface area contributed by atoms with Crippen LogP contribution in [0.15, 0.2) is 60.7 Å². The molecule has 0 fully saturated rings. The minimum absolute atomic E-state index is 0.0156. The number of nitrogens with one attached hydrogen (secondary N) is 1. The first-order valence-corrected chi connectivity index (χ1v) is 13.7. The standard InChI is InChI=1S/C26H26Cl2N2O3S/c1-17(20-10-9-18-5-3-6-21(18)15-20)29-26(31)19-11-13-22(14-12-19)30(34(2,32)33)16-23-24(27)7-4-8-25(23)28/h4,7-15,17H,3,5-6,16H2,1-2H3,(H,29,31)/t17-/m1/s1. The number of benzene rings is 3. The Morgan fingerprint density at radius 2 is 1.65 bits per heavy atom. The number of hydrogen-bond acceptors (Lipinski definition) is 3. The maximum atomic E-state index is 12.8. The van der Waals surface area contributed by atoms with E-state index in [2.05, 4.69) is 23.5 Å². The van der Waals surface area contributed by atoms with Crippen molar-refractivity contribution in [1.29, 1.82) is 0 Å². The van der Waals surface area contributed by atoms with Crippen LogP contribution in [0, 0.1) is 0 Å². The molecule has 0 aromatic heterocycles. The fourth-order valence-electron chi connectivity index (χ4n) is 4.23. The van der Waals surface area contributed by atoms with E-state index in [-0.39, 0.29) is 18.5 Å². The lowest BCUT2D eigenvalue weighted by Gasteiger charge is -2.24. The molecule has 1 atom stereocenters. The lowest BCUT2D eigenvalue weighted by molar-refractivity contribution is 0.0940. The molecule has 0 radical (unpaired) electrons. The molecule has 0 unspecified atom stereocenters. The fraction of sp³-hybridized carbons (Fsp3) is 0.269. The van der Waals surface area contributed by atoms with Crippen molar-refractivity contribution in [2.75, 3.05) is 10.6 Å². The predicted octanol–water partition coefficient (Wildman–Crippen LogP) is 5.94. The molecule has 0 spiro atoms. The van der Waals surface area contributed by atoms with E-state index in [1.165, 1.54) is 21.9 Å². The Labute approximate surface area is 210 Å². The highest BCUT2D eigenvalue weighted by Crippen LogP contribution is 2.30. The van der Waals surface area contributed by atoms with Gasteiger partial charge in [-0.1, -0.05) is 47.5 Å². The SMILES string of the molecule is C[C@@H](NC(=O)c1ccc(N(Cc2c(Cl)cccc2Cl)S(C)(=O)=O)cc1)c1ccc2c(c1)CCC2. The van der Waals surface area contributed by atoms with Crippen LogP contribution in [0.4, 0.5) is 5.69 Å². The van der Waals surface area contributed by atoms with Crippen LogP contribution in [0.1, 0.15) is 52.0 Å². The van der Waals surface area contributed by atoms with Crippen molar-refractivity contribution in [2.24, 2.45) is 0 Å². The van der Waals surface area contributed by atoms with Gasteiger partial charge < -0.3 is 5.32 Å². The molecule has 5 nitrogen and oxygen atoms in total. The molecule has 1 N–H and O–H groups in total. The molecule has 0 aliphatic heterocycles. The number of sulfonamides is 1. The molecule has 1 amide bonds. The van der Waals surface area contributed by atoms with E-state index in [0.717, 1.165) is 24.7 Å². The van der Waals surface area contributed by atoms with Crippen LogP contribution in [0.25, 0.3) is 0 Å². The van der Waals surface area contributed by atoms with Crippen LogP contribution in [0.3, 0.4) is 0 Å². The summed E-state index contributed by atoms with van der Waals surface area (Å²) in [6.45, 7) is 1.94. The van der Waals surface area contributed by atoms with E-state index in [1.54, 1.807) is 42.5 Å². The molecular weight excluding hydrogens is 491 g/mol. The number of carbonyl (C=O) groups excluding carboxylic acids is 1. The van der Waals surface area contributed by atoms with Crippen molar-refractivity contribution < 1.29 is 13.2 Å². The average Bonchev–Trinajstić information content (AvgIpc) is 3.26. The minimum atomic E-state index is -3.63. The summed E-state index contributed by atoms with van der Waals surface area (Å²) in [5.41, 5.74) is 5.21. The molecular formula is C26H26Cl2N2O3S. The molecule has 4 rings (SSSR count). The van der Waals surface area contributed by atoms with Crippen LogP contribution in [0.5, 0.6) is 0 Å². The maximum absolute atomic E-state index is 12.8. The van der Waals surface area contributed by atoms with Gasteiger partial charge in [0.25, 0.3) is 5.91 Å². The van der Waals surface area contributed by atoms with Gasteiger partial charge in [-0.2, -0.15) is 0 Å². The van der Waals surface area contributed by atoms with Crippen LogP contribution < -0.4 is 9.62 Å². The first kappa shape index (κ1) is 24.6. The van der Waals surface area contributed by atoms with Crippen molar-refractivity contribution in [1.82, 2.24) is 5.32 Å². The summed E-state index contributed by atoms with van der Waals surface area (Å²) in [6.07, 6.45) is 4.51. The minimum Gasteiger partial charge on any atom is -0.346 e. The summed E-state index contributed by atoms with van der Waals surface area (Å²) < 4.78 is 26.3. The molecule has 0 saturated carbocycles. The van der Waals surface area contributed by atoms with Gasteiger partial charge in [-0.25, -0.2) is 8.42 Å². The van der Waals surface area contributed by atoms with Gasteiger partial charge in [0, 0.05) is 21.2 Å². The van der Waals surface area contributed by atoms with Gasteiger partial charge in [-0.15, -0.1) is 0 Å². The van der Waals surface area contributed by atoms with Gasteiger partial charge in [0.2, 0.25) is 10.0 Å². The quantitative estimate of drug-likeness (QED) is 0.422. The topological polar surface area (TPSA) is 66.5 Å². The van der Waals surface area contributed by atoms with E-state index in [9.17, 15) is 13.2 Å². The zero-order valence-electron chi connectivity index (χ0n) is 19.0. The van der Waals surface area contributed by atoms with Gasteiger partial charge in [0.05, 0.1) is 24.5 Å². The Morgan fingerprint density at radius 3 is 2.29 bits per heavy atom. The molecule has 0 saturated heterocycles. The molecule has 178 valence electrons. The monoisotopic (exact) mass is 516 g/mol. The third kappa shape index (κ3) is 5.40. The fourth-order valence-corrected chi connectivity index (χ4v) is 5.62. The largest absolute Gasteiger partial charge is 0.346 e. The van der Waals surface area contributed by atoms with Crippen molar-refractivity contribution in [3.63, 3.8) is 0 Å². The molecule has 3 aromatic carbocycles. The maximum Gasteiger partial charge on any atom is 0.251 e. The predicted molar refractivity (Wildman–Crippen MR) is 138 cm³/mol. The lowest BCUT2D eigenvalue weighted by Crippen LogP contribution is -2.30. The van der Waals surface area contributed by atoms with Gasteiger partial charge in [0.15, 0.2) is 0 Å². The number of aryl methyl sites for hydroxylation is 2. The van der Waals surface area contributed by atoms with Crippen LogP contribution in [0.2, 0.25) is 10.0 Å². The average molecular weight is 517 g/mol. The van der Waals surface area contributed by atoms with Crippen molar-refractivity contribution in [3.05, 3.63) is 98.5 Å². The smallest absolute Gasteiger partial charge is 0.251 e. The third-order valence-corrected chi connectivity index (χ3v) is 8.00. The molecule has 34 heavy (non-hydrogen) atoms. The van der Waals surface area contributed by atoms with E-state index in [1.807, 2.05) is 6.92 Å². The lowest BCUT2D eigenvalue weighted by atomic mass is 10.0. The second kappa shape index (κ2) is 9.98. The highest BCUT2D eigenvalue weighted by atomic mass is 35.5. The first-order chi connectivity index (χ1) is 16.1. The van der Waals surface area contributed by atoms with Crippen LogP contribution in [-0.4, -0.2) is 20.6 Å². The molecule has 1 aliphatic carbocycles. The number of anilines is 1. The van der Waals surface area contributed by atoms with Crippen molar-refractivity contribution >= 4 is 44.8 Å². The third-order valence-electron chi connectivity index (χ3n) is 6.15. The number of amides is 1. The molecule has 1 aliphatic rings. The Morgan fingerprint density at radius 1 is 1.00 bits per heavy atom. The number of halogens is 2. The van der Waals surface area contributed by atoms with Gasteiger partial charge >= 0.3 is 0 Å². The summed E-state index contributed by atoms with van der Waals surface area (Å²) in [7, 11) is -3.63. The highest BCUT2D eigenvalue weighted by Gasteiger charge is 2.21. The Bertz CT molecular complexity index is 1300. The normalized spacial score (nSPS) is 13.9. The molecule has 3 aromatic rings. The Kier molecular flexibility index (Phi) is 7.22. The molecule has 8 heteroatoms. The van der Waals surface area contributed by atoms with Gasteiger partial charge in [-0.05, 0) is 79.3 Å². The Balaban J connectivity index is 1.50. The van der Waals surface area contributed by atoms with E-state index in [0.29, 0.717) is 26.9 Å². The number of hydrogen-bond donors (Lipinski definition) is 1. The zero-order chi connectivity index (χ0) is 24.5. The van der Waals surface area contributed by atoms with Crippen LogP contribution in [-0.2, 0) is 29.4 Å². The summed E-state index contributed by atoms with van der Waals surface area (Å²) in [5, 5.41) is 3.81. The summed E-state index contributed by atoms with van der Waals surface area (Å²) in [5.74, 6) is -0.223. The van der Waals surface area contributed by atoms with Crippen molar-refractivity contribution in [2.45, 2.75) is 38.8 Å². The first-order valence-electron chi connectivity index (χ1n) is 11.1. The Hall–Kier alpha value is -2.54. The summed E-state index contributed by atoms with van der Waals surface area (Å²) >= 11 is 12.5. The van der Waals surface area contributed by atoms with E-state index < -0.39 is 10.0 Å². The summed E-state index contributed by atoms with van der Waals surface area (Å²) in [4.78, 5) is 12.8. The molecule has 0 heterocycles. The van der Waals surface area contributed by atoms with Crippen molar-refractivity contribution in [3.8, 4) is 0 Å². The van der Waals surface area contributed by atoms with Gasteiger partial charge in [0.1, 0.15) is 0 Å². The van der Waals surface area contributed by atoms with E-state index >= 15 is 0 Å². The number of rotatable bonds is 7. The zero-order valence-corrected chi connectivity index (χ0v) is 21.3. The van der Waals surface area contributed by atoms with Gasteiger partial charge in [-0.3, -0.25) is 9.10 Å². The van der Waals surface area contributed by atoms with E-state index in [4.69, 9.17) is 23.2 Å². The summed E-state index contributed by atoms with van der Waals surface area (Å²) in [6, 6.07) is 17.8. The number of carbonyl (C=O) groups is 1.